The summed E-state index contributed by atoms with van der Waals surface area (Å²) < 4.78 is 5.35. The number of morpholine rings is 1. The molecule has 1 fully saturated rings. The maximum atomic E-state index is 10.3. The summed E-state index contributed by atoms with van der Waals surface area (Å²) in [6, 6.07) is 8.47. The highest BCUT2D eigenvalue weighted by Crippen LogP contribution is 2.34. The SMILES string of the molecule is O[C@H]1c2ccccc2C[C@H]1N1CCOCC1. The molecule has 3 nitrogen and oxygen atoms in total. The molecule has 1 aromatic carbocycles. The maximum absolute atomic E-state index is 10.3. The van der Waals surface area contributed by atoms with Gasteiger partial charge in [-0.05, 0) is 17.5 Å². The number of nitrogens with zero attached hydrogens (tertiary/aromatic N) is 1. The van der Waals surface area contributed by atoms with Gasteiger partial charge in [0.2, 0.25) is 0 Å². The monoisotopic (exact) mass is 219 g/mol. The number of rotatable bonds is 1. The average molecular weight is 219 g/mol. The molecule has 0 saturated carbocycles. The molecule has 1 aromatic rings. The Morgan fingerprint density at radius 1 is 1.19 bits per heavy atom. The van der Waals surface area contributed by atoms with E-state index < -0.39 is 0 Å². The third-order valence-corrected chi connectivity index (χ3v) is 3.68. The number of aliphatic hydroxyl groups excluding tert-OH is 1. The minimum atomic E-state index is -0.325. The first-order chi connectivity index (χ1) is 7.86. The normalized spacial score (nSPS) is 30.3. The van der Waals surface area contributed by atoms with Crippen LogP contribution in [0.1, 0.15) is 17.2 Å². The van der Waals surface area contributed by atoms with E-state index >= 15 is 0 Å². The standard InChI is InChI=1S/C13H17NO2/c15-13-11-4-2-1-3-10(11)9-12(13)14-5-7-16-8-6-14/h1-4,12-13,15H,5-9H2/t12-,13+/m1/s1. The summed E-state index contributed by atoms with van der Waals surface area (Å²) in [6.07, 6.45) is 0.645. The summed E-state index contributed by atoms with van der Waals surface area (Å²) in [4.78, 5) is 2.36. The van der Waals surface area contributed by atoms with Crippen molar-refractivity contribution in [1.29, 1.82) is 0 Å². The molecule has 1 aliphatic heterocycles. The highest BCUT2D eigenvalue weighted by molar-refractivity contribution is 5.35. The average Bonchev–Trinajstić information content (AvgIpc) is 2.69. The van der Waals surface area contributed by atoms with Crippen LogP contribution in [-0.4, -0.2) is 42.4 Å². The Morgan fingerprint density at radius 3 is 2.69 bits per heavy atom. The summed E-state index contributed by atoms with van der Waals surface area (Å²) in [7, 11) is 0. The van der Waals surface area contributed by atoms with Crippen molar-refractivity contribution < 1.29 is 9.84 Å². The van der Waals surface area contributed by atoms with Crippen LogP contribution in [0.4, 0.5) is 0 Å². The fraction of sp³-hybridized carbons (Fsp3) is 0.538. The molecule has 1 heterocycles. The van der Waals surface area contributed by atoms with Crippen LogP contribution in [0, 0.1) is 0 Å². The zero-order valence-corrected chi connectivity index (χ0v) is 9.30. The van der Waals surface area contributed by atoms with Crippen molar-refractivity contribution in [3.63, 3.8) is 0 Å². The van der Waals surface area contributed by atoms with E-state index in [0.717, 1.165) is 38.3 Å². The quantitative estimate of drug-likeness (QED) is 0.764. The van der Waals surface area contributed by atoms with E-state index in [9.17, 15) is 5.11 Å². The molecule has 0 radical (unpaired) electrons. The Hall–Kier alpha value is -0.900. The van der Waals surface area contributed by atoms with Crippen LogP contribution in [0.3, 0.4) is 0 Å². The van der Waals surface area contributed by atoms with E-state index in [4.69, 9.17) is 4.74 Å². The molecule has 2 atom stereocenters. The predicted octanol–water partition coefficient (Wildman–Crippen LogP) is 0.977. The summed E-state index contributed by atoms with van der Waals surface area (Å²) in [5.41, 5.74) is 2.41. The molecular formula is C13H17NO2. The Morgan fingerprint density at radius 2 is 1.94 bits per heavy atom. The minimum Gasteiger partial charge on any atom is -0.387 e. The molecule has 0 spiro atoms. The summed E-state index contributed by atoms with van der Waals surface area (Å²) >= 11 is 0. The molecule has 3 rings (SSSR count). The third-order valence-electron chi connectivity index (χ3n) is 3.68. The van der Waals surface area contributed by atoms with Crippen LogP contribution < -0.4 is 0 Å². The Bertz CT molecular complexity index is 374. The summed E-state index contributed by atoms with van der Waals surface area (Å²) in [5.74, 6) is 0. The molecule has 0 amide bonds. The van der Waals surface area contributed by atoms with E-state index in [0.29, 0.717) is 0 Å². The minimum absolute atomic E-state index is 0.251. The van der Waals surface area contributed by atoms with Crippen molar-refractivity contribution in [2.24, 2.45) is 0 Å². The van der Waals surface area contributed by atoms with Crippen LogP contribution in [0.2, 0.25) is 0 Å². The fourth-order valence-electron chi connectivity index (χ4n) is 2.79. The first kappa shape index (κ1) is 10.3. The topological polar surface area (TPSA) is 32.7 Å². The lowest BCUT2D eigenvalue weighted by atomic mass is 10.1. The Labute approximate surface area is 95.6 Å². The zero-order chi connectivity index (χ0) is 11.0. The Balaban J connectivity index is 1.80. The van der Waals surface area contributed by atoms with Gasteiger partial charge in [0.15, 0.2) is 0 Å². The number of fused-ring (bicyclic) bond motifs is 1. The van der Waals surface area contributed by atoms with Crippen molar-refractivity contribution in [3.05, 3.63) is 35.4 Å². The van der Waals surface area contributed by atoms with Gasteiger partial charge in [0.05, 0.1) is 19.3 Å². The van der Waals surface area contributed by atoms with Gasteiger partial charge in [-0.25, -0.2) is 0 Å². The molecule has 16 heavy (non-hydrogen) atoms. The molecule has 2 aliphatic rings. The van der Waals surface area contributed by atoms with E-state index in [1.807, 2.05) is 18.2 Å². The molecule has 0 bridgehead atoms. The van der Waals surface area contributed by atoms with Crippen LogP contribution in [0.25, 0.3) is 0 Å². The van der Waals surface area contributed by atoms with Gasteiger partial charge >= 0.3 is 0 Å². The molecule has 0 aromatic heterocycles. The molecule has 0 unspecified atom stereocenters. The molecule has 1 N–H and O–H groups in total. The van der Waals surface area contributed by atoms with Crippen molar-refractivity contribution in [1.82, 2.24) is 4.90 Å². The van der Waals surface area contributed by atoms with E-state index in [1.54, 1.807) is 0 Å². The summed E-state index contributed by atoms with van der Waals surface area (Å²) in [5, 5.41) is 10.3. The molecular weight excluding hydrogens is 202 g/mol. The van der Waals surface area contributed by atoms with E-state index in [-0.39, 0.29) is 12.1 Å². The summed E-state index contributed by atoms with van der Waals surface area (Å²) in [6.45, 7) is 3.46. The molecule has 3 heteroatoms. The largest absolute Gasteiger partial charge is 0.387 e. The zero-order valence-electron chi connectivity index (χ0n) is 9.30. The van der Waals surface area contributed by atoms with Crippen molar-refractivity contribution >= 4 is 0 Å². The highest BCUT2D eigenvalue weighted by atomic mass is 16.5. The van der Waals surface area contributed by atoms with Crippen LogP contribution in [0.15, 0.2) is 24.3 Å². The van der Waals surface area contributed by atoms with Crippen molar-refractivity contribution in [2.45, 2.75) is 18.6 Å². The van der Waals surface area contributed by atoms with Gasteiger partial charge in [-0.3, -0.25) is 4.90 Å². The third kappa shape index (κ3) is 1.65. The lowest BCUT2D eigenvalue weighted by molar-refractivity contribution is -0.0163. The molecule has 86 valence electrons. The second-order valence-corrected chi connectivity index (χ2v) is 4.56. The van der Waals surface area contributed by atoms with E-state index in [1.165, 1.54) is 5.56 Å². The van der Waals surface area contributed by atoms with Crippen molar-refractivity contribution in [3.8, 4) is 0 Å². The lowest BCUT2D eigenvalue weighted by Crippen LogP contribution is -2.45. The number of ether oxygens (including phenoxy) is 1. The first-order valence-electron chi connectivity index (χ1n) is 5.94. The smallest absolute Gasteiger partial charge is 0.0951 e. The van der Waals surface area contributed by atoms with Gasteiger partial charge in [-0.2, -0.15) is 0 Å². The number of hydrogen-bond donors (Lipinski definition) is 1. The van der Waals surface area contributed by atoms with E-state index in [2.05, 4.69) is 11.0 Å². The second-order valence-electron chi connectivity index (χ2n) is 4.56. The van der Waals surface area contributed by atoms with Gasteiger partial charge in [0.25, 0.3) is 0 Å². The van der Waals surface area contributed by atoms with Crippen LogP contribution in [0.5, 0.6) is 0 Å². The maximum Gasteiger partial charge on any atom is 0.0951 e. The first-order valence-corrected chi connectivity index (χ1v) is 5.94. The molecule has 1 aliphatic carbocycles. The van der Waals surface area contributed by atoms with Crippen LogP contribution in [-0.2, 0) is 11.2 Å². The highest BCUT2D eigenvalue weighted by Gasteiger charge is 2.35. The molecule has 1 saturated heterocycles. The fourth-order valence-corrected chi connectivity index (χ4v) is 2.79. The number of aliphatic hydroxyl groups is 1. The van der Waals surface area contributed by atoms with Gasteiger partial charge in [-0.1, -0.05) is 24.3 Å². The predicted molar refractivity (Wildman–Crippen MR) is 61.3 cm³/mol. The van der Waals surface area contributed by atoms with Crippen LogP contribution >= 0.6 is 0 Å². The van der Waals surface area contributed by atoms with Gasteiger partial charge in [0.1, 0.15) is 0 Å². The Kier molecular flexibility index (Phi) is 2.67. The van der Waals surface area contributed by atoms with Gasteiger partial charge in [0, 0.05) is 19.1 Å². The van der Waals surface area contributed by atoms with Crippen molar-refractivity contribution in [2.75, 3.05) is 26.3 Å². The second kappa shape index (κ2) is 4.17. The lowest BCUT2D eigenvalue weighted by Gasteiger charge is -2.33. The van der Waals surface area contributed by atoms with Gasteiger partial charge in [-0.15, -0.1) is 0 Å². The number of hydrogen-bond acceptors (Lipinski definition) is 3. The number of benzene rings is 1. The van der Waals surface area contributed by atoms with Gasteiger partial charge < -0.3 is 9.84 Å².